The van der Waals surface area contributed by atoms with Gasteiger partial charge in [-0.3, -0.25) is 4.90 Å². The zero-order valence-electron chi connectivity index (χ0n) is 17.3. The zero-order chi connectivity index (χ0) is 20.9. The molecule has 0 bridgehead atoms. The minimum absolute atomic E-state index is 0.164. The van der Waals surface area contributed by atoms with Crippen LogP contribution in [0.5, 0.6) is 0 Å². The summed E-state index contributed by atoms with van der Waals surface area (Å²) in [6.45, 7) is 7.64. The van der Waals surface area contributed by atoms with Crippen molar-refractivity contribution >= 4 is 0 Å². The van der Waals surface area contributed by atoms with Crippen LogP contribution in [0.15, 0.2) is 24.3 Å². The van der Waals surface area contributed by atoms with Crippen LogP contribution >= 0.6 is 0 Å². The Morgan fingerprint density at radius 2 is 1.90 bits per heavy atom. The number of likely N-dealkylation sites (tertiary alicyclic amines) is 1. The number of ether oxygens (including phenoxy) is 3. The summed E-state index contributed by atoms with van der Waals surface area (Å²) in [6, 6.07) is 5.86. The molecule has 4 nitrogen and oxygen atoms in total. The Hall–Kier alpha value is -1.15. The molecule has 0 amide bonds. The maximum Gasteiger partial charge on any atom is 0.416 e. The lowest BCUT2D eigenvalue weighted by atomic mass is 9.83. The molecular weight excluding hydrogens is 383 g/mol. The van der Waals surface area contributed by atoms with Gasteiger partial charge in [-0.25, -0.2) is 0 Å². The van der Waals surface area contributed by atoms with E-state index >= 15 is 0 Å². The monoisotopic (exact) mass is 415 g/mol. The molecule has 2 saturated heterocycles. The first kappa shape index (κ1) is 22.5. The third kappa shape index (κ3) is 6.41. The Morgan fingerprint density at radius 1 is 1.17 bits per heavy atom. The van der Waals surface area contributed by atoms with Crippen LogP contribution in [0.1, 0.15) is 50.7 Å². The minimum atomic E-state index is -4.32. The van der Waals surface area contributed by atoms with E-state index in [2.05, 4.69) is 4.90 Å². The van der Waals surface area contributed by atoms with E-state index in [-0.39, 0.29) is 17.8 Å². The standard InChI is InChI=1S/C22H32F3NO3/c1-17(2)27-13-14-28-19-7-12-29-21(15-19)8-10-26(11-9-21)16-18-5-3-4-6-20(18)22(23,24)25/h3-6,17,19H,7-16H2,1-2H3. The van der Waals surface area contributed by atoms with Crippen molar-refractivity contribution in [2.45, 2.75) is 70.1 Å². The van der Waals surface area contributed by atoms with E-state index in [4.69, 9.17) is 14.2 Å². The Kier molecular flexibility index (Phi) is 7.59. The van der Waals surface area contributed by atoms with Crippen molar-refractivity contribution in [1.82, 2.24) is 4.90 Å². The number of rotatable bonds is 7. The second-order valence-corrected chi connectivity index (χ2v) is 8.37. The second kappa shape index (κ2) is 9.77. The number of nitrogens with zero attached hydrogens (tertiary/aromatic N) is 1. The Morgan fingerprint density at radius 3 is 2.59 bits per heavy atom. The molecule has 7 heteroatoms. The molecule has 1 spiro atoms. The summed E-state index contributed by atoms with van der Waals surface area (Å²) in [4.78, 5) is 2.10. The molecule has 1 aromatic carbocycles. The predicted octanol–water partition coefficient (Wildman–Crippen LogP) is 4.66. The summed E-state index contributed by atoms with van der Waals surface area (Å²) >= 11 is 0. The lowest BCUT2D eigenvalue weighted by Gasteiger charge is -2.46. The summed E-state index contributed by atoms with van der Waals surface area (Å²) in [6.07, 6.45) is -0.575. The van der Waals surface area contributed by atoms with Gasteiger partial charge in [0, 0.05) is 32.7 Å². The van der Waals surface area contributed by atoms with Gasteiger partial charge < -0.3 is 14.2 Å². The fourth-order valence-electron chi connectivity index (χ4n) is 4.27. The molecule has 2 fully saturated rings. The third-order valence-electron chi connectivity index (χ3n) is 5.82. The van der Waals surface area contributed by atoms with Crippen molar-refractivity contribution in [3.05, 3.63) is 35.4 Å². The molecule has 0 saturated carbocycles. The lowest BCUT2D eigenvalue weighted by Crippen LogP contribution is -2.50. The molecule has 2 heterocycles. The number of alkyl halides is 3. The molecule has 29 heavy (non-hydrogen) atoms. The normalized spacial score (nSPS) is 23.0. The highest BCUT2D eigenvalue weighted by Gasteiger charge is 2.41. The number of halogens is 3. The molecule has 2 aliphatic rings. The largest absolute Gasteiger partial charge is 0.416 e. The molecule has 1 unspecified atom stereocenters. The summed E-state index contributed by atoms with van der Waals surface area (Å²) in [5, 5.41) is 0. The van der Waals surface area contributed by atoms with Crippen LogP contribution < -0.4 is 0 Å². The van der Waals surface area contributed by atoms with Gasteiger partial charge in [-0.1, -0.05) is 18.2 Å². The maximum absolute atomic E-state index is 13.2. The SMILES string of the molecule is CC(C)OCCOC1CCOC2(CCN(Cc3ccccc3C(F)(F)F)CC2)C1. The summed E-state index contributed by atoms with van der Waals surface area (Å²) in [5.41, 5.74) is -0.403. The van der Waals surface area contributed by atoms with Crippen molar-refractivity contribution in [2.75, 3.05) is 32.9 Å². The summed E-state index contributed by atoms with van der Waals surface area (Å²) < 4.78 is 57.4. The fourth-order valence-corrected chi connectivity index (χ4v) is 4.27. The second-order valence-electron chi connectivity index (χ2n) is 8.37. The van der Waals surface area contributed by atoms with Crippen LogP contribution in [0.3, 0.4) is 0 Å². The highest BCUT2D eigenvalue weighted by atomic mass is 19.4. The average Bonchev–Trinajstić information content (AvgIpc) is 2.67. The van der Waals surface area contributed by atoms with Gasteiger partial charge in [-0.15, -0.1) is 0 Å². The third-order valence-corrected chi connectivity index (χ3v) is 5.82. The van der Waals surface area contributed by atoms with Gasteiger partial charge >= 0.3 is 6.18 Å². The van der Waals surface area contributed by atoms with Crippen LogP contribution in [0.2, 0.25) is 0 Å². The van der Waals surface area contributed by atoms with E-state index in [0.29, 0.717) is 31.9 Å². The van der Waals surface area contributed by atoms with E-state index in [1.807, 2.05) is 13.8 Å². The van der Waals surface area contributed by atoms with Crippen LogP contribution in [0.25, 0.3) is 0 Å². The first-order valence-corrected chi connectivity index (χ1v) is 10.5. The average molecular weight is 415 g/mol. The molecule has 2 aliphatic heterocycles. The van der Waals surface area contributed by atoms with Crippen LogP contribution in [-0.4, -0.2) is 55.6 Å². The van der Waals surface area contributed by atoms with E-state index < -0.39 is 11.7 Å². The van der Waals surface area contributed by atoms with Crippen molar-refractivity contribution in [2.24, 2.45) is 0 Å². The van der Waals surface area contributed by atoms with Gasteiger partial charge in [-0.2, -0.15) is 13.2 Å². The van der Waals surface area contributed by atoms with Crippen LogP contribution in [0, 0.1) is 0 Å². The lowest BCUT2D eigenvalue weighted by molar-refractivity contribution is -0.159. The van der Waals surface area contributed by atoms with E-state index in [1.54, 1.807) is 12.1 Å². The quantitative estimate of drug-likeness (QED) is 0.606. The molecule has 1 aromatic rings. The minimum Gasteiger partial charge on any atom is -0.376 e. The van der Waals surface area contributed by atoms with E-state index in [1.165, 1.54) is 6.07 Å². The highest BCUT2D eigenvalue weighted by molar-refractivity contribution is 5.29. The van der Waals surface area contributed by atoms with Crippen molar-refractivity contribution < 1.29 is 27.4 Å². The van der Waals surface area contributed by atoms with Crippen molar-refractivity contribution in [3.8, 4) is 0 Å². The molecule has 0 aliphatic carbocycles. The van der Waals surface area contributed by atoms with Crippen molar-refractivity contribution in [3.63, 3.8) is 0 Å². The van der Waals surface area contributed by atoms with Gasteiger partial charge in [0.2, 0.25) is 0 Å². The highest BCUT2D eigenvalue weighted by Crippen LogP contribution is 2.37. The summed E-state index contributed by atoms with van der Waals surface area (Å²) in [7, 11) is 0. The molecule has 0 aromatic heterocycles. The molecule has 164 valence electrons. The Labute approximate surface area is 171 Å². The maximum atomic E-state index is 13.2. The van der Waals surface area contributed by atoms with Gasteiger partial charge in [0.1, 0.15) is 0 Å². The van der Waals surface area contributed by atoms with Gasteiger partial charge in [0.25, 0.3) is 0 Å². The van der Waals surface area contributed by atoms with Gasteiger partial charge in [0.05, 0.1) is 36.6 Å². The number of piperidine rings is 1. The first-order valence-electron chi connectivity index (χ1n) is 10.5. The smallest absolute Gasteiger partial charge is 0.376 e. The fraction of sp³-hybridized carbons (Fsp3) is 0.727. The molecule has 0 N–H and O–H groups in total. The number of hydrogen-bond donors (Lipinski definition) is 0. The van der Waals surface area contributed by atoms with Crippen LogP contribution in [-0.2, 0) is 26.9 Å². The van der Waals surface area contributed by atoms with Gasteiger partial charge in [0.15, 0.2) is 0 Å². The molecule has 3 rings (SSSR count). The Balaban J connectivity index is 1.50. The summed E-state index contributed by atoms with van der Waals surface area (Å²) in [5.74, 6) is 0. The molecular formula is C22H32F3NO3. The number of benzene rings is 1. The molecule has 0 radical (unpaired) electrons. The van der Waals surface area contributed by atoms with E-state index in [9.17, 15) is 13.2 Å². The molecule has 1 atom stereocenters. The Bertz CT molecular complexity index is 642. The zero-order valence-corrected chi connectivity index (χ0v) is 17.3. The predicted molar refractivity (Wildman–Crippen MR) is 105 cm³/mol. The van der Waals surface area contributed by atoms with E-state index in [0.717, 1.165) is 44.8 Å². The van der Waals surface area contributed by atoms with Crippen LogP contribution in [0.4, 0.5) is 13.2 Å². The topological polar surface area (TPSA) is 30.9 Å². The number of hydrogen-bond acceptors (Lipinski definition) is 4. The van der Waals surface area contributed by atoms with Crippen molar-refractivity contribution in [1.29, 1.82) is 0 Å². The van der Waals surface area contributed by atoms with Gasteiger partial charge in [-0.05, 0) is 44.7 Å². The first-order chi connectivity index (χ1) is 13.8.